The van der Waals surface area contributed by atoms with Gasteiger partial charge in [-0.2, -0.15) is 5.10 Å². The van der Waals surface area contributed by atoms with Crippen molar-refractivity contribution < 1.29 is 9.53 Å². The lowest BCUT2D eigenvalue weighted by molar-refractivity contribution is -0.122. The largest absolute Gasteiger partial charge is 0.376 e. The molecule has 128 valence electrons. The molecule has 1 aromatic rings. The van der Waals surface area contributed by atoms with Crippen molar-refractivity contribution in [2.24, 2.45) is 0 Å². The average molecular weight is 321 g/mol. The van der Waals surface area contributed by atoms with Crippen LogP contribution in [0.4, 0.5) is 5.69 Å². The third-order valence-electron chi connectivity index (χ3n) is 4.70. The van der Waals surface area contributed by atoms with Crippen molar-refractivity contribution in [1.82, 2.24) is 20.4 Å². The van der Waals surface area contributed by atoms with Crippen molar-refractivity contribution in [3.63, 3.8) is 0 Å². The van der Waals surface area contributed by atoms with Gasteiger partial charge in [-0.05, 0) is 26.7 Å². The molecule has 23 heavy (non-hydrogen) atoms. The number of carbonyl (C=O) groups is 1. The number of aromatic amines is 1. The van der Waals surface area contributed by atoms with Gasteiger partial charge in [0.05, 0.1) is 29.7 Å². The summed E-state index contributed by atoms with van der Waals surface area (Å²) in [5, 5.41) is 10.3. The molecule has 1 atom stereocenters. The second kappa shape index (κ2) is 7.31. The van der Waals surface area contributed by atoms with Crippen molar-refractivity contribution in [2.45, 2.75) is 32.8 Å². The van der Waals surface area contributed by atoms with E-state index in [0.717, 1.165) is 57.0 Å². The number of nitrogens with zero attached hydrogens (tertiary/aromatic N) is 3. The molecular formula is C16H27N5O2. The molecule has 0 spiro atoms. The van der Waals surface area contributed by atoms with Crippen LogP contribution in [0.25, 0.3) is 0 Å². The average Bonchev–Trinajstić information content (AvgIpc) is 3.17. The Morgan fingerprint density at radius 3 is 2.74 bits per heavy atom. The summed E-state index contributed by atoms with van der Waals surface area (Å²) in [5.41, 5.74) is 3.38. The van der Waals surface area contributed by atoms with E-state index < -0.39 is 0 Å². The van der Waals surface area contributed by atoms with E-state index >= 15 is 0 Å². The minimum Gasteiger partial charge on any atom is -0.376 e. The highest BCUT2D eigenvalue weighted by Gasteiger charge is 2.23. The summed E-state index contributed by atoms with van der Waals surface area (Å²) in [4.78, 5) is 16.6. The molecule has 1 amide bonds. The fraction of sp³-hybridized carbons (Fsp3) is 0.750. The maximum absolute atomic E-state index is 12.0. The fourth-order valence-electron chi connectivity index (χ4n) is 3.43. The van der Waals surface area contributed by atoms with E-state index in [9.17, 15) is 4.79 Å². The standard InChI is InChI=1S/C16H27N5O2/c1-12-16(13(2)19-18-12)21-7-5-20(6-8-21)11-15(22)17-10-14-4-3-9-23-14/h14H,3-11H2,1-2H3,(H,17,22)(H,18,19). The van der Waals surface area contributed by atoms with Gasteiger partial charge in [-0.1, -0.05) is 0 Å². The third kappa shape index (κ3) is 4.03. The second-order valence-corrected chi connectivity index (χ2v) is 6.48. The van der Waals surface area contributed by atoms with Crippen LogP contribution in [0.5, 0.6) is 0 Å². The molecule has 2 aliphatic heterocycles. The number of amides is 1. The van der Waals surface area contributed by atoms with E-state index in [-0.39, 0.29) is 12.0 Å². The summed E-state index contributed by atoms with van der Waals surface area (Å²) < 4.78 is 5.53. The summed E-state index contributed by atoms with van der Waals surface area (Å²) in [7, 11) is 0. The monoisotopic (exact) mass is 321 g/mol. The molecule has 2 saturated heterocycles. The Kier molecular flexibility index (Phi) is 5.17. The van der Waals surface area contributed by atoms with E-state index in [2.05, 4.69) is 32.2 Å². The molecular weight excluding hydrogens is 294 g/mol. The molecule has 0 aromatic carbocycles. The van der Waals surface area contributed by atoms with Gasteiger partial charge >= 0.3 is 0 Å². The maximum atomic E-state index is 12.0. The van der Waals surface area contributed by atoms with Crippen molar-refractivity contribution in [3.05, 3.63) is 11.4 Å². The highest BCUT2D eigenvalue weighted by atomic mass is 16.5. The van der Waals surface area contributed by atoms with Crippen molar-refractivity contribution in [1.29, 1.82) is 0 Å². The number of aryl methyl sites for hydroxylation is 2. The van der Waals surface area contributed by atoms with Crippen molar-refractivity contribution >= 4 is 11.6 Å². The molecule has 2 N–H and O–H groups in total. The third-order valence-corrected chi connectivity index (χ3v) is 4.70. The molecule has 3 rings (SSSR count). The van der Waals surface area contributed by atoms with Crippen LogP contribution in [0.2, 0.25) is 0 Å². The minimum absolute atomic E-state index is 0.102. The smallest absolute Gasteiger partial charge is 0.234 e. The van der Waals surface area contributed by atoms with Gasteiger partial charge in [-0.15, -0.1) is 0 Å². The number of hydrogen-bond acceptors (Lipinski definition) is 5. The number of aromatic nitrogens is 2. The molecule has 1 aromatic heterocycles. The molecule has 2 aliphatic rings. The van der Waals surface area contributed by atoms with Gasteiger partial charge in [0, 0.05) is 39.3 Å². The number of nitrogens with one attached hydrogen (secondary N) is 2. The Labute approximate surface area is 137 Å². The van der Waals surface area contributed by atoms with Gasteiger partial charge in [-0.25, -0.2) is 0 Å². The molecule has 7 heteroatoms. The Hall–Kier alpha value is -1.60. The first-order valence-electron chi connectivity index (χ1n) is 8.50. The Bertz CT molecular complexity index is 511. The zero-order valence-corrected chi connectivity index (χ0v) is 14.1. The Morgan fingerprint density at radius 1 is 1.35 bits per heavy atom. The number of anilines is 1. The summed E-state index contributed by atoms with van der Waals surface area (Å²) >= 11 is 0. The van der Waals surface area contributed by atoms with Gasteiger partial charge in [0.1, 0.15) is 0 Å². The van der Waals surface area contributed by atoms with Crippen LogP contribution in [0.3, 0.4) is 0 Å². The number of carbonyl (C=O) groups excluding carboxylic acids is 1. The Morgan fingerprint density at radius 2 is 2.13 bits per heavy atom. The van der Waals surface area contributed by atoms with E-state index in [1.165, 1.54) is 5.69 Å². The molecule has 1 unspecified atom stereocenters. The first-order chi connectivity index (χ1) is 11.1. The number of rotatable bonds is 5. The maximum Gasteiger partial charge on any atom is 0.234 e. The number of ether oxygens (including phenoxy) is 1. The summed E-state index contributed by atoms with van der Waals surface area (Å²) in [6.07, 6.45) is 2.38. The molecule has 3 heterocycles. The van der Waals surface area contributed by atoms with E-state index in [4.69, 9.17) is 4.74 Å². The molecule has 0 radical (unpaired) electrons. The first kappa shape index (κ1) is 16.3. The SMILES string of the molecule is Cc1n[nH]c(C)c1N1CCN(CC(=O)NCC2CCCO2)CC1. The van der Waals surface area contributed by atoms with Crippen LogP contribution in [0, 0.1) is 13.8 Å². The first-order valence-corrected chi connectivity index (χ1v) is 8.50. The van der Waals surface area contributed by atoms with Crippen LogP contribution >= 0.6 is 0 Å². The highest BCUT2D eigenvalue weighted by molar-refractivity contribution is 5.78. The Balaban J connectivity index is 1.41. The fourth-order valence-corrected chi connectivity index (χ4v) is 3.43. The van der Waals surface area contributed by atoms with Crippen LogP contribution in [0.15, 0.2) is 0 Å². The molecule has 2 fully saturated rings. The minimum atomic E-state index is 0.102. The quantitative estimate of drug-likeness (QED) is 0.823. The molecule has 0 aliphatic carbocycles. The van der Waals surface area contributed by atoms with Crippen LogP contribution in [-0.2, 0) is 9.53 Å². The topological polar surface area (TPSA) is 73.5 Å². The van der Waals surface area contributed by atoms with Gasteiger partial charge in [0.25, 0.3) is 0 Å². The second-order valence-electron chi connectivity index (χ2n) is 6.48. The van der Waals surface area contributed by atoms with Crippen molar-refractivity contribution in [2.75, 3.05) is 50.8 Å². The highest BCUT2D eigenvalue weighted by Crippen LogP contribution is 2.23. The van der Waals surface area contributed by atoms with Gasteiger partial charge in [-0.3, -0.25) is 14.8 Å². The predicted molar refractivity (Wildman–Crippen MR) is 88.7 cm³/mol. The van der Waals surface area contributed by atoms with Gasteiger partial charge < -0.3 is 15.0 Å². The molecule has 7 nitrogen and oxygen atoms in total. The zero-order valence-electron chi connectivity index (χ0n) is 14.1. The lowest BCUT2D eigenvalue weighted by Gasteiger charge is -2.35. The van der Waals surface area contributed by atoms with Gasteiger partial charge in [0.15, 0.2) is 0 Å². The normalized spacial score (nSPS) is 22.5. The summed E-state index contributed by atoms with van der Waals surface area (Å²) in [6.45, 7) is 9.70. The van der Waals surface area contributed by atoms with E-state index in [0.29, 0.717) is 13.1 Å². The molecule has 0 bridgehead atoms. The lowest BCUT2D eigenvalue weighted by atomic mass is 10.2. The number of hydrogen-bond donors (Lipinski definition) is 2. The van der Waals surface area contributed by atoms with Crippen LogP contribution in [-0.4, -0.2) is 73.0 Å². The lowest BCUT2D eigenvalue weighted by Crippen LogP contribution is -2.50. The summed E-state index contributed by atoms with van der Waals surface area (Å²) in [6, 6.07) is 0. The zero-order chi connectivity index (χ0) is 16.2. The van der Waals surface area contributed by atoms with Gasteiger partial charge in [0.2, 0.25) is 5.91 Å². The van der Waals surface area contributed by atoms with E-state index in [1.807, 2.05) is 6.92 Å². The summed E-state index contributed by atoms with van der Waals surface area (Å²) in [5.74, 6) is 0.102. The van der Waals surface area contributed by atoms with Crippen molar-refractivity contribution in [3.8, 4) is 0 Å². The number of piperazine rings is 1. The molecule has 0 saturated carbocycles. The number of H-pyrrole nitrogens is 1. The van der Waals surface area contributed by atoms with Crippen LogP contribution in [0.1, 0.15) is 24.2 Å². The predicted octanol–water partition coefficient (Wildman–Crippen LogP) is 0.444. The van der Waals surface area contributed by atoms with E-state index in [1.54, 1.807) is 0 Å². The van der Waals surface area contributed by atoms with Crippen LogP contribution < -0.4 is 10.2 Å².